The Balaban J connectivity index is 1.56. The first-order valence-corrected chi connectivity index (χ1v) is 15.6. The van der Waals surface area contributed by atoms with Gasteiger partial charge in [0.1, 0.15) is 12.4 Å². The number of amides is 2. The molecular weight excluding hydrogens is 580 g/mol. The predicted octanol–water partition coefficient (Wildman–Crippen LogP) is 5.68. The van der Waals surface area contributed by atoms with E-state index in [1.807, 2.05) is 47.2 Å². The highest BCUT2D eigenvalue weighted by Crippen LogP contribution is 2.29. The Morgan fingerprint density at radius 3 is 2.07 bits per heavy atom. The van der Waals surface area contributed by atoms with E-state index in [9.17, 15) is 18.0 Å². The van der Waals surface area contributed by atoms with Crippen molar-refractivity contribution in [2.24, 2.45) is 5.92 Å². The molecule has 0 aliphatic carbocycles. The molecule has 0 aliphatic heterocycles. The van der Waals surface area contributed by atoms with Crippen LogP contribution >= 0.6 is 0 Å². The second-order valence-corrected chi connectivity index (χ2v) is 12.1. The summed E-state index contributed by atoms with van der Waals surface area (Å²) < 4.78 is 44.2. The molecule has 0 bridgehead atoms. The van der Waals surface area contributed by atoms with Crippen LogP contribution in [0.1, 0.15) is 47.8 Å². The number of para-hydroxylation sites is 2. The molecule has 4 aromatic rings. The zero-order chi connectivity index (χ0) is 31.5. The number of rotatable bonds is 14. The highest BCUT2D eigenvalue weighted by atomic mass is 32.2. The lowest BCUT2D eigenvalue weighted by Crippen LogP contribution is -2.35. The first-order valence-electron chi connectivity index (χ1n) is 14.1. The Labute approximate surface area is 258 Å². The van der Waals surface area contributed by atoms with Gasteiger partial charge >= 0.3 is 0 Å². The molecule has 1 unspecified atom stereocenters. The molecule has 10 heteroatoms. The van der Waals surface area contributed by atoms with Crippen LogP contribution in [0.4, 0.5) is 0 Å². The Hall–Kier alpha value is -4.83. The van der Waals surface area contributed by atoms with Gasteiger partial charge in [-0.1, -0.05) is 80.6 Å². The van der Waals surface area contributed by atoms with Crippen LogP contribution in [0.5, 0.6) is 17.2 Å². The van der Waals surface area contributed by atoms with E-state index >= 15 is 0 Å². The van der Waals surface area contributed by atoms with Crippen LogP contribution < -0.4 is 24.2 Å². The monoisotopic (exact) mass is 616 g/mol. The minimum absolute atomic E-state index is 0.0510. The van der Waals surface area contributed by atoms with Crippen molar-refractivity contribution in [2.45, 2.75) is 37.8 Å². The standard InChI is InChI=1S/C34H36N2O7S/c1-24(2)20-29(26-12-6-4-7-13-26)35-34(38)28-21-25(22-42-32-17-11-10-16-31(32)41-3)18-19-30(28)43-23-33(37)36-44(39,40)27-14-8-5-9-15-27/h4-19,21,24,29H,20,22-23H2,1-3H3,(H,35,38)(H,36,37). The zero-order valence-corrected chi connectivity index (χ0v) is 25.7. The molecule has 4 rings (SSSR count). The molecule has 2 amide bonds. The molecular formula is C34H36N2O7S. The number of carbonyl (C=O) groups is 2. The van der Waals surface area contributed by atoms with Crippen LogP contribution in [-0.2, 0) is 21.4 Å². The Morgan fingerprint density at radius 2 is 1.41 bits per heavy atom. The van der Waals surface area contributed by atoms with Gasteiger partial charge in [0.15, 0.2) is 18.1 Å². The number of methoxy groups -OCH3 is 1. The van der Waals surface area contributed by atoms with Crippen molar-refractivity contribution < 1.29 is 32.2 Å². The largest absolute Gasteiger partial charge is 0.493 e. The van der Waals surface area contributed by atoms with Gasteiger partial charge in [-0.3, -0.25) is 9.59 Å². The predicted molar refractivity (Wildman–Crippen MR) is 167 cm³/mol. The summed E-state index contributed by atoms with van der Waals surface area (Å²) in [5, 5.41) is 3.11. The first kappa shape index (κ1) is 32.1. The summed E-state index contributed by atoms with van der Waals surface area (Å²) >= 11 is 0. The number of nitrogens with one attached hydrogen (secondary N) is 2. The molecule has 0 radical (unpaired) electrons. The minimum atomic E-state index is -4.08. The Bertz CT molecular complexity index is 1660. The third kappa shape index (κ3) is 8.84. The van der Waals surface area contributed by atoms with Gasteiger partial charge in [0, 0.05) is 0 Å². The number of benzene rings is 4. The smallest absolute Gasteiger partial charge is 0.271 e. The van der Waals surface area contributed by atoms with E-state index in [0.717, 1.165) is 5.56 Å². The van der Waals surface area contributed by atoms with Crippen molar-refractivity contribution in [1.82, 2.24) is 10.0 Å². The molecule has 230 valence electrons. The van der Waals surface area contributed by atoms with Crippen LogP contribution in [0.2, 0.25) is 0 Å². The molecule has 0 saturated heterocycles. The van der Waals surface area contributed by atoms with E-state index in [1.54, 1.807) is 55.6 Å². The Kier molecular flexibility index (Phi) is 11.0. The van der Waals surface area contributed by atoms with Crippen LogP contribution in [0.15, 0.2) is 108 Å². The average molecular weight is 617 g/mol. The average Bonchev–Trinajstić information content (AvgIpc) is 3.03. The molecule has 2 N–H and O–H groups in total. The summed E-state index contributed by atoms with van der Waals surface area (Å²) in [6.07, 6.45) is 0.697. The number of hydrogen-bond donors (Lipinski definition) is 2. The van der Waals surface area contributed by atoms with Crippen molar-refractivity contribution in [3.05, 3.63) is 120 Å². The summed E-state index contributed by atoms with van der Waals surface area (Å²) in [6.45, 7) is 3.66. The molecule has 4 aromatic carbocycles. The maximum absolute atomic E-state index is 13.8. The van der Waals surface area contributed by atoms with Gasteiger partial charge < -0.3 is 19.5 Å². The molecule has 0 aromatic heterocycles. The van der Waals surface area contributed by atoms with Gasteiger partial charge in [0.25, 0.3) is 21.8 Å². The van der Waals surface area contributed by atoms with Gasteiger partial charge in [0.05, 0.1) is 23.6 Å². The topological polar surface area (TPSA) is 120 Å². The number of hydrogen-bond acceptors (Lipinski definition) is 7. The summed E-state index contributed by atoms with van der Waals surface area (Å²) in [7, 11) is -2.53. The van der Waals surface area contributed by atoms with E-state index in [0.29, 0.717) is 29.4 Å². The number of sulfonamides is 1. The van der Waals surface area contributed by atoms with E-state index in [4.69, 9.17) is 14.2 Å². The normalized spacial score (nSPS) is 11.8. The van der Waals surface area contributed by atoms with Crippen molar-refractivity contribution in [3.63, 3.8) is 0 Å². The van der Waals surface area contributed by atoms with Crippen LogP contribution in [-0.4, -0.2) is 33.9 Å². The number of ether oxygens (including phenoxy) is 3. The maximum atomic E-state index is 13.8. The van der Waals surface area contributed by atoms with Crippen LogP contribution in [0.25, 0.3) is 0 Å². The van der Waals surface area contributed by atoms with Gasteiger partial charge in [-0.15, -0.1) is 0 Å². The van der Waals surface area contributed by atoms with Crippen molar-refractivity contribution >= 4 is 21.8 Å². The fourth-order valence-corrected chi connectivity index (χ4v) is 5.51. The fraction of sp³-hybridized carbons (Fsp3) is 0.235. The van der Waals surface area contributed by atoms with E-state index in [2.05, 4.69) is 19.2 Å². The lowest BCUT2D eigenvalue weighted by molar-refractivity contribution is -0.121. The molecule has 0 spiro atoms. The Morgan fingerprint density at radius 1 is 0.773 bits per heavy atom. The van der Waals surface area contributed by atoms with Crippen LogP contribution in [0, 0.1) is 5.92 Å². The molecule has 0 aliphatic rings. The second kappa shape index (κ2) is 15.1. The second-order valence-electron chi connectivity index (χ2n) is 10.5. The van der Waals surface area contributed by atoms with Gasteiger partial charge in [-0.05, 0) is 59.9 Å². The van der Waals surface area contributed by atoms with Crippen molar-refractivity contribution in [1.29, 1.82) is 0 Å². The maximum Gasteiger partial charge on any atom is 0.271 e. The summed E-state index contributed by atoms with van der Waals surface area (Å²) in [5.74, 6) is 0.232. The molecule has 9 nitrogen and oxygen atoms in total. The molecule has 0 fully saturated rings. The zero-order valence-electron chi connectivity index (χ0n) is 24.9. The van der Waals surface area contributed by atoms with E-state index < -0.39 is 28.4 Å². The first-order chi connectivity index (χ1) is 21.2. The SMILES string of the molecule is COc1ccccc1OCc1ccc(OCC(=O)NS(=O)(=O)c2ccccc2)c(C(=O)NC(CC(C)C)c2ccccc2)c1. The van der Waals surface area contributed by atoms with Gasteiger partial charge in [0.2, 0.25) is 0 Å². The summed E-state index contributed by atoms with van der Waals surface area (Å²) in [4.78, 5) is 26.3. The highest BCUT2D eigenvalue weighted by Gasteiger charge is 2.22. The third-order valence-electron chi connectivity index (χ3n) is 6.63. The molecule has 44 heavy (non-hydrogen) atoms. The third-order valence-corrected chi connectivity index (χ3v) is 8.02. The minimum Gasteiger partial charge on any atom is -0.493 e. The number of carbonyl (C=O) groups excluding carboxylic acids is 2. The van der Waals surface area contributed by atoms with Gasteiger partial charge in [-0.25, -0.2) is 13.1 Å². The lowest BCUT2D eigenvalue weighted by atomic mass is 9.96. The van der Waals surface area contributed by atoms with Crippen LogP contribution in [0.3, 0.4) is 0 Å². The lowest BCUT2D eigenvalue weighted by Gasteiger charge is -2.22. The van der Waals surface area contributed by atoms with Crippen molar-refractivity contribution in [3.8, 4) is 17.2 Å². The molecule has 1 atom stereocenters. The van der Waals surface area contributed by atoms with E-state index in [-0.39, 0.29) is 28.9 Å². The van der Waals surface area contributed by atoms with Gasteiger partial charge in [-0.2, -0.15) is 0 Å². The molecule has 0 saturated carbocycles. The fourth-order valence-electron chi connectivity index (χ4n) is 4.52. The molecule has 0 heterocycles. The summed E-state index contributed by atoms with van der Waals surface area (Å²) in [6, 6.07) is 29.1. The highest BCUT2D eigenvalue weighted by molar-refractivity contribution is 7.90. The quantitative estimate of drug-likeness (QED) is 0.187. The summed E-state index contributed by atoms with van der Waals surface area (Å²) in [5.41, 5.74) is 1.80. The van der Waals surface area contributed by atoms with E-state index in [1.165, 1.54) is 12.1 Å². The van der Waals surface area contributed by atoms with Crippen molar-refractivity contribution in [2.75, 3.05) is 13.7 Å².